The van der Waals surface area contributed by atoms with Crippen molar-refractivity contribution < 1.29 is 9.15 Å². The van der Waals surface area contributed by atoms with E-state index < -0.39 is 0 Å². The highest BCUT2D eigenvalue weighted by molar-refractivity contribution is 14.0. The van der Waals surface area contributed by atoms with Crippen LogP contribution in [-0.2, 0) is 20.1 Å². The van der Waals surface area contributed by atoms with Gasteiger partial charge in [0.1, 0.15) is 5.76 Å². The first kappa shape index (κ1) is 18.3. The van der Waals surface area contributed by atoms with Crippen molar-refractivity contribution in [2.24, 2.45) is 12.0 Å². The minimum absolute atomic E-state index is 0. The summed E-state index contributed by atoms with van der Waals surface area (Å²) >= 11 is 0. The monoisotopic (exact) mass is 419 g/mol. The first-order valence-corrected chi connectivity index (χ1v) is 6.69. The summed E-state index contributed by atoms with van der Waals surface area (Å²) in [6.07, 6.45) is 1.65. The van der Waals surface area contributed by atoms with E-state index in [-0.39, 0.29) is 24.0 Å². The maximum absolute atomic E-state index is 5.37. The highest BCUT2D eigenvalue weighted by Crippen LogP contribution is 2.20. The van der Waals surface area contributed by atoms with E-state index in [9.17, 15) is 0 Å². The second-order valence-corrected chi connectivity index (χ2v) is 4.56. The van der Waals surface area contributed by atoms with Gasteiger partial charge in [-0.25, -0.2) is 4.68 Å². The van der Waals surface area contributed by atoms with Gasteiger partial charge in [-0.05, 0) is 19.1 Å². The lowest BCUT2D eigenvalue weighted by Gasteiger charge is -2.11. The van der Waals surface area contributed by atoms with Crippen molar-refractivity contribution in [1.82, 2.24) is 20.4 Å². The maximum atomic E-state index is 5.37. The van der Waals surface area contributed by atoms with Gasteiger partial charge in [0, 0.05) is 14.1 Å². The fourth-order valence-electron chi connectivity index (χ4n) is 2.12. The van der Waals surface area contributed by atoms with Crippen LogP contribution in [-0.4, -0.2) is 29.9 Å². The zero-order valence-corrected chi connectivity index (χ0v) is 15.5. The Morgan fingerprint density at radius 1 is 1.41 bits per heavy atom. The predicted molar refractivity (Wildman–Crippen MR) is 95.7 cm³/mol. The van der Waals surface area contributed by atoms with Gasteiger partial charge in [-0.1, -0.05) is 0 Å². The molecule has 0 unspecified atom stereocenters. The van der Waals surface area contributed by atoms with Gasteiger partial charge in [-0.15, -0.1) is 24.0 Å². The van der Waals surface area contributed by atoms with Gasteiger partial charge in [0.2, 0.25) is 5.88 Å². The lowest BCUT2D eigenvalue weighted by Crippen LogP contribution is -2.36. The van der Waals surface area contributed by atoms with Gasteiger partial charge >= 0.3 is 0 Å². The molecule has 0 aliphatic carbocycles. The summed E-state index contributed by atoms with van der Waals surface area (Å²) < 4.78 is 12.4. The summed E-state index contributed by atoms with van der Waals surface area (Å²) in [5.41, 5.74) is 1.95. The van der Waals surface area contributed by atoms with Gasteiger partial charge in [-0.2, -0.15) is 5.10 Å². The Hall–Kier alpha value is -1.71. The number of aliphatic imine (C=N–C) groups is 1. The second-order valence-electron chi connectivity index (χ2n) is 4.56. The lowest BCUT2D eigenvalue weighted by atomic mass is 10.2. The van der Waals surface area contributed by atoms with E-state index in [1.807, 2.05) is 26.1 Å². The smallest absolute Gasteiger partial charge is 0.216 e. The van der Waals surface area contributed by atoms with Crippen LogP contribution in [0.5, 0.6) is 5.88 Å². The van der Waals surface area contributed by atoms with Crippen molar-refractivity contribution >= 4 is 29.9 Å². The first-order chi connectivity index (χ1) is 10.2. The zero-order valence-electron chi connectivity index (χ0n) is 13.2. The zero-order chi connectivity index (χ0) is 15.2. The largest absolute Gasteiger partial charge is 0.481 e. The molecule has 2 aromatic heterocycles. The number of furan rings is 1. The van der Waals surface area contributed by atoms with Crippen molar-refractivity contribution in [3.05, 3.63) is 35.4 Å². The van der Waals surface area contributed by atoms with E-state index in [2.05, 4.69) is 20.7 Å². The highest BCUT2D eigenvalue weighted by atomic mass is 127. The number of rotatable bonds is 5. The number of hydrogen-bond donors (Lipinski definition) is 2. The maximum Gasteiger partial charge on any atom is 0.216 e. The molecular formula is C14H22IN5O2. The summed E-state index contributed by atoms with van der Waals surface area (Å²) in [5.74, 6) is 2.30. The summed E-state index contributed by atoms with van der Waals surface area (Å²) in [4.78, 5) is 4.18. The van der Waals surface area contributed by atoms with Crippen LogP contribution in [0.2, 0.25) is 0 Å². The molecule has 0 bridgehead atoms. The second kappa shape index (κ2) is 8.66. The minimum atomic E-state index is 0. The molecule has 2 heterocycles. The number of ether oxygens (including phenoxy) is 1. The molecule has 2 aromatic rings. The molecule has 0 atom stereocenters. The summed E-state index contributed by atoms with van der Waals surface area (Å²) in [6.45, 7) is 3.12. The number of hydrogen-bond acceptors (Lipinski definition) is 4. The highest BCUT2D eigenvalue weighted by Gasteiger charge is 2.13. The number of aryl methyl sites for hydroxylation is 2. The molecule has 0 saturated carbocycles. The standard InChI is InChI=1S/C14H21N5O2.HI/c1-10-12(13(20-4)19(3)18-10)9-17-14(15-2)16-8-11-6-5-7-21-11;/h5-7H,8-9H2,1-4H3,(H2,15,16,17);1H. The van der Waals surface area contributed by atoms with Crippen LogP contribution in [0.1, 0.15) is 17.0 Å². The third kappa shape index (κ3) is 4.39. The van der Waals surface area contributed by atoms with Crippen molar-refractivity contribution in [3.63, 3.8) is 0 Å². The van der Waals surface area contributed by atoms with Crippen LogP contribution in [0, 0.1) is 6.92 Å². The minimum Gasteiger partial charge on any atom is -0.481 e. The molecule has 22 heavy (non-hydrogen) atoms. The van der Waals surface area contributed by atoms with Crippen LogP contribution in [0.15, 0.2) is 27.8 Å². The average molecular weight is 419 g/mol. The van der Waals surface area contributed by atoms with Crippen molar-refractivity contribution in [2.75, 3.05) is 14.2 Å². The Morgan fingerprint density at radius 3 is 2.73 bits per heavy atom. The topological polar surface area (TPSA) is 76.6 Å². The van der Waals surface area contributed by atoms with Gasteiger partial charge in [0.05, 0.1) is 37.7 Å². The van der Waals surface area contributed by atoms with Crippen molar-refractivity contribution in [1.29, 1.82) is 0 Å². The Bertz CT molecular complexity index is 607. The van der Waals surface area contributed by atoms with Crippen molar-refractivity contribution in [3.8, 4) is 5.88 Å². The van der Waals surface area contributed by atoms with Crippen LogP contribution >= 0.6 is 24.0 Å². The van der Waals surface area contributed by atoms with Crippen LogP contribution in [0.4, 0.5) is 0 Å². The van der Waals surface area contributed by atoms with Gasteiger partial charge in [0.15, 0.2) is 5.96 Å². The molecule has 0 saturated heterocycles. The van der Waals surface area contributed by atoms with Crippen molar-refractivity contribution in [2.45, 2.75) is 20.0 Å². The molecular weight excluding hydrogens is 397 g/mol. The Kier molecular flexibility index (Phi) is 7.22. The first-order valence-electron chi connectivity index (χ1n) is 6.69. The number of guanidine groups is 1. The molecule has 2 rings (SSSR count). The molecule has 122 valence electrons. The normalized spacial score (nSPS) is 11.0. The molecule has 7 nitrogen and oxygen atoms in total. The molecule has 2 N–H and O–H groups in total. The predicted octanol–water partition coefficient (Wildman–Crippen LogP) is 1.81. The molecule has 0 amide bonds. The molecule has 0 radical (unpaired) electrons. The van der Waals surface area contributed by atoms with Crippen LogP contribution < -0.4 is 15.4 Å². The lowest BCUT2D eigenvalue weighted by molar-refractivity contribution is 0.369. The van der Waals surface area contributed by atoms with Crippen LogP contribution in [0.25, 0.3) is 0 Å². The quantitative estimate of drug-likeness (QED) is 0.439. The molecule has 0 aromatic carbocycles. The van der Waals surface area contributed by atoms with E-state index in [1.165, 1.54) is 0 Å². The van der Waals surface area contributed by atoms with E-state index in [4.69, 9.17) is 9.15 Å². The fraction of sp³-hybridized carbons (Fsp3) is 0.429. The summed E-state index contributed by atoms with van der Waals surface area (Å²) in [7, 11) is 5.23. The molecule has 8 heteroatoms. The summed E-state index contributed by atoms with van der Waals surface area (Å²) in [6, 6.07) is 3.77. The third-order valence-corrected chi connectivity index (χ3v) is 3.15. The van der Waals surface area contributed by atoms with E-state index in [1.54, 1.807) is 25.1 Å². The molecule has 0 fully saturated rings. The van der Waals surface area contributed by atoms with Gasteiger partial charge in [0.25, 0.3) is 0 Å². The SMILES string of the molecule is CN=C(NCc1ccco1)NCc1c(C)nn(C)c1OC.I. The number of nitrogens with zero attached hydrogens (tertiary/aromatic N) is 3. The number of halogens is 1. The number of aromatic nitrogens is 2. The summed E-state index contributed by atoms with van der Waals surface area (Å²) in [5, 5.41) is 10.8. The average Bonchev–Trinajstić information content (AvgIpc) is 3.07. The Labute approximate surface area is 147 Å². The van der Waals surface area contributed by atoms with E-state index >= 15 is 0 Å². The van der Waals surface area contributed by atoms with E-state index in [0.717, 1.165) is 22.9 Å². The van der Waals surface area contributed by atoms with Gasteiger partial charge < -0.3 is 19.8 Å². The Balaban J connectivity index is 0.00000242. The molecule has 0 spiro atoms. The van der Waals surface area contributed by atoms with Crippen LogP contribution in [0.3, 0.4) is 0 Å². The fourth-order valence-corrected chi connectivity index (χ4v) is 2.12. The third-order valence-electron chi connectivity index (χ3n) is 3.15. The molecule has 0 aliphatic heterocycles. The van der Waals surface area contributed by atoms with Gasteiger partial charge in [-0.3, -0.25) is 4.99 Å². The Morgan fingerprint density at radius 2 is 2.14 bits per heavy atom. The number of nitrogens with one attached hydrogen (secondary N) is 2. The number of methoxy groups -OCH3 is 1. The molecule has 0 aliphatic rings. The van der Waals surface area contributed by atoms with E-state index in [0.29, 0.717) is 19.0 Å².